The second kappa shape index (κ2) is 7.48. The minimum atomic E-state index is 0.956. The fourth-order valence-corrected chi connectivity index (χ4v) is 1.64. The lowest BCUT2D eigenvalue weighted by Crippen LogP contribution is -2.33. The van der Waals surface area contributed by atoms with Crippen LogP contribution in [0.2, 0.25) is 0 Å². The van der Waals surface area contributed by atoms with Crippen molar-refractivity contribution in [1.29, 1.82) is 0 Å². The van der Waals surface area contributed by atoms with Crippen molar-refractivity contribution in [2.45, 2.75) is 13.5 Å². The number of aryl methyl sites for hydroxylation is 1. The average molecular weight is 239 g/mol. The highest BCUT2D eigenvalue weighted by Gasteiger charge is 2.04. The average Bonchev–Trinajstić information content (AvgIpc) is 2.63. The van der Waals surface area contributed by atoms with Gasteiger partial charge in [0.1, 0.15) is 5.76 Å². The molecule has 4 heteroatoms. The summed E-state index contributed by atoms with van der Waals surface area (Å²) in [6.07, 6.45) is 1.76. The third-order valence-electron chi connectivity index (χ3n) is 2.81. The molecule has 0 aliphatic carbocycles. The summed E-state index contributed by atoms with van der Waals surface area (Å²) in [4.78, 5) is 4.49. The molecule has 0 saturated carbocycles. The van der Waals surface area contributed by atoms with Crippen molar-refractivity contribution in [2.24, 2.45) is 0 Å². The zero-order valence-corrected chi connectivity index (χ0v) is 11.5. The molecule has 17 heavy (non-hydrogen) atoms. The zero-order valence-electron chi connectivity index (χ0n) is 11.5. The number of hydrogen-bond acceptors (Lipinski definition) is 4. The van der Waals surface area contributed by atoms with E-state index in [1.165, 1.54) is 5.56 Å². The maximum Gasteiger partial charge on any atom is 0.105 e. The first kappa shape index (κ1) is 14.2. The Bertz CT molecular complexity index is 309. The van der Waals surface area contributed by atoms with Crippen LogP contribution in [-0.4, -0.2) is 57.1 Å². The van der Waals surface area contributed by atoms with Crippen LogP contribution in [0.25, 0.3) is 0 Å². The summed E-state index contributed by atoms with van der Waals surface area (Å²) in [7, 11) is 6.32. The van der Waals surface area contributed by atoms with Crippen molar-refractivity contribution >= 4 is 0 Å². The fraction of sp³-hybridized carbons (Fsp3) is 0.692. The van der Waals surface area contributed by atoms with E-state index < -0.39 is 0 Å². The highest BCUT2D eigenvalue weighted by molar-refractivity contribution is 5.14. The van der Waals surface area contributed by atoms with Gasteiger partial charge in [-0.3, -0.25) is 0 Å². The van der Waals surface area contributed by atoms with Crippen molar-refractivity contribution in [3.05, 3.63) is 23.7 Å². The largest absolute Gasteiger partial charge is 0.469 e. The predicted molar refractivity (Wildman–Crippen MR) is 71.2 cm³/mol. The summed E-state index contributed by atoms with van der Waals surface area (Å²) in [5, 5.41) is 3.44. The third-order valence-corrected chi connectivity index (χ3v) is 2.81. The van der Waals surface area contributed by atoms with E-state index in [-0.39, 0.29) is 0 Å². The second-order valence-corrected chi connectivity index (χ2v) is 4.79. The Balaban J connectivity index is 2.09. The highest BCUT2D eigenvalue weighted by atomic mass is 16.3. The molecule has 1 rings (SSSR count). The molecule has 0 aromatic carbocycles. The van der Waals surface area contributed by atoms with Gasteiger partial charge in [0, 0.05) is 38.3 Å². The van der Waals surface area contributed by atoms with Gasteiger partial charge >= 0.3 is 0 Å². The molecule has 1 aromatic heterocycles. The summed E-state index contributed by atoms with van der Waals surface area (Å²) < 4.78 is 5.29. The zero-order chi connectivity index (χ0) is 12.7. The SMILES string of the molecule is Cc1occc1CN(C)CCNCCN(C)C. The molecule has 0 unspecified atom stereocenters. The van der Waals surface area contributed by atoms with Gasteiger partial charge in [0.15, 0.2) is 0 Å². The lowest BCUT2D eigenvalue weighted by Gasteiger charge is -2.17. The first-order valence-electron chi connectivity index (χ1n) is 6.16. The molecule has 4 nitrogen and oxygen atoms in total. The summed E-state index contributed by atoms with van der Waals surface area (Å²) >= 11 is 0. The van der Waals surface area contributed by atoms with Crippen molar-refractivity contribution in [1.82, 2.24) is 15.1 Å². The summed E-state index contributed by atoms with van der Waals surface area (Å²) in [6.45, 7) is 7.19. The molecule has 0 amide bonds. The number of rotatable bonds is 8. The Kier molecular flexibility index (Phi) is 6.26. The summed E-state index contributed by atoms with van der Waals surface area (Å²) in [6, 6.07) is 2.05. The molecule has 1 N–H and O–H groups in total. The Hall–Kier alpha value is -0.840. The van der Waals surface area contributed by atoms with Crippen LogP contribution in [0.1, 0.15) is 11.3 Å². The highest BCUT2D eigenvalue weighted by Crippen LogP contribution is 2.10. The van der Waals surface area contributed by atoms with Crippen molar-refractivity contribution < 1.29 is 4.42 Å². The van der Waals surface area contributed by atoms with E-state index in [0.29, 0.717) is 0 Å². The molecule has 0 aliphatic heterocycles. The standard InChI is InChI=1S/C13H25N3O/c1-12-13(5-10-17-12)11-16(4)9-7-14-6-8-15(2)3/h5,10,14H,6-9,11H2,1-4H3. The molecule has 98 valence electrons. The predicted octanol–water partition coefficient (Wildman–Crippen LogP) is 1.17. The molecule has 0 aliphatic rings. The van der Waals surface area contributed by atoms with E-state index in [2.05, 4.69) is 36.3 Å². The number of nitrogens with zero attached hydrogens (tertiary/aromatic N) is 2. The van der Waals surface area contributed by atoms with Gasteiger partial charge in [0.25, 0.3) is 0 Å². The molecular formula is C13H25N3O. The van der Waals surface area contributed by atoms with Crippen molar-refractivity contribution in [3.63, 3.8) is 0 Å². The van der Waals surface area contributed by atoms with Gasteiger partial charge in [-0.05, 0) is 34.1 Å². The molecule has 0 atom stereocenters. The van der Waals surface area contributed by atoms with Crippen LogP contribution in [0, 0.1) is 6.92 Å². The normalized spacial score (nSPS) is 11.6. The van der Waals surface area contributed by atoms with Crippen LogP contribution < -0.4 is 5.32 Å². The number of hydrogen-bond donors (Lipinski definition) is 1. The van der Waals surface area contributed by atoms with Crippen LogP contribution in [-0.2, 0) is 6.54 Å². The van der Waals surface area contributed by atoms with Gasteiger partial charge in [-0.15, -0.1) is 0 Å². The van der Waals surface area contributed by atoms with E-state index >= 15 is 0 Å². The van der Waals surface area contributed by atoms with Crippen LogP contribution in [0.5, 0.6) is 0 Å². The molecular weight excluding hydrogens is 214 g/mol. The first-order valence-corrected chi connectivity index (χ1v) is 6.16. The fourth-order valence-electron chi connectivity index (χ4n) is 1.64. The number of furan rings is 1. The maximum atomic E-state index is 5.29. The van der Waals surface area contributed by atoms with Gasteiger partial charge in [-0.1, -0.05) is 0 Å². The van der Waals surface area contributed by atoms with E-state index in [0.717, 1.165) is 38.5 Å². The molecule has 0 saturated heterocycles. The van der Waals surface area contributed by atoms with Gasteiger partial charge in [-0.25, -0.2) is 0 Å². The van der Waals surface area contributed by atoms with Crippen LogP contribution >= 0.6 is 0 Å². The molecule has 0 bridgehead atoms. The quantitative estimate of drug-likeness (QED) is 0.690. The maximum absolute atomic E-state index is 5.29. The number of likely N-dealkylation sites (N-methyl/N-ethyl adjacent to an activating group) is 2. The van der Waals surface area contributed by atoms with Crippen LogP contribution in [0.15, 0.2) is 16.7 Å². The van der Waals surface area contributed by atoms with Gasteiger partial charge in [0.05, 0.1) is 6.26 Å². The number of nitrogens with one attached hydrogen (secondary N) is 1. The molecule has 0 radical (unpaired) electrons. The Labute approximate surface area is 105 Å². The van der Waals surface area contributed by atoms with Crippen LogP contribution in [0.4, 0.5) is 0 Å². The monoisotopic (exact) mass is 239 g/mol. The van der Waals surface area contributed by atoms with Gasteiger partial charge in [0.2, 0.25) is 0 Å². The smallest absolute Gasteiger partial charge is 0.105 e. The minimum Gasteiger partial charge on any atom is -0.469 e. The van der Waals surface area contributed by atoms with Gasteiger partial charge < -0.3 is 19.5 Å². The van der Waals surface area contributed by atoms with Gasteiger partial charge in [-0.2, -0.15) is 0 Å². The first-order chi connectivity index (χ1) is 8.09. The summed E-state index contributed by atoms with van der Waals surface area (Å²) in [5.74, 6) is 1.03. The minimum absolute atomic E-state index is 0.956. The Morgan fingerprint density at radius 1 is 1.18 bits per heavy atom. The van der Waals surface area contributed by atoms with E-state index in [4.69, 9.17) is 4.42 Å². The van der Waals surface area contributed by atoms with Crippen molar-refractivity contribution in [3.8, 4) is 0 Å². The third kappa shape index (κ3) is 5.86. The molecule has 0 spiro atoms. The molecule has 1 heterocycles. The van der Waals surface area contributed by atoms with Crippen molar-refractivity contribution in [2.75, 3.05) is 47.3 Å². The summed E-state index contributed by atoms with van der Waals surface area (Å²) in [5.41, 5.74) is 1.28. The Morgan fingerprint density at radius 3 is 2.47 bits per heavy atom. The lowest BCUT2D eigenvalue weighted by atomic mass is 10.2. The van der Waals surface area contributed by atoms with Crippen LogP contribution in [0.3, 0.4) is 0 Å². The lowest BCUT2D eigenvalue weighted by molar-refractivity contribution is 0.316. The van der Waals surface area contributed by atoms with E-state index in [1.807, 2.05) is 13.0 Å². The molecule has 0 fully saturated rings. The second-order valence-electron chi connectivity index (χ2n) is 4.79. The van der Waals surface area contributed by atoms with E-state index in [9.17, 15) is 0 Å². The Morgan fingerprint density at radius 2 is 1.88 bits per heavy atom. The molecule has 1 aromatic rings. The topological polar surface area (TPSA) is 31.7 Å². The van der Waals surface area contributed by atoms with E-state index in [1.54, 1.807) is 6.26 Å².